The molecule has 0 N–H and O–H groups in total. The summed E-state index contributed by atoms with van der Waals surface area (Å²) in [5, 5.41) is 0. The molecule has 0 saturated heterocycles. The Morgan fingerprint density at radius 1 is 1.05 bits per heavy atom. The zero-order chi connectivity index (χ0) is 14.8. The predicted molar refractivity (Wildman–Crippen MR) is 82.0 cm³/mol. The second kappa shape index (κ2) is 6.08. The Bertz CT molecular complexity index is 706. The first-order valence-electron chi connectivity index (χ1n) is 6.09. The van der Waals surface area contributed by atoms with Gasteiger partial charge < -0.3 is 0 Å². The molecule has 0 aliphatic rings. The van der Waals surface area contributed by atoms with Gasteiger partial charge in [-0.2, -0.15) is 8.42 Å². The maximum atomic E-state index is 12.1. The normalized spacial score (nSPS) is 11.6. The standard InChI is InChI=1S/C15H15BrO3S/c1-11-3-7-15(8-4-11)20(17,18)19-10-13-5-6-14(16)9-12(13)2/h3-9H,10H2,1-2H3. The van der Waals surface area contributed by atoms with Crippen molar-refractivity contribution in [2.75, 3.05) is 0 Å². The zero-order valence-corrected chi connectivity index (χ0v) is 13.7. The van der Waals surface area contributed by atoms with Crippen molar-refractivity contribution in [1.29, 1.82) is 0 Å². The molecule has 0 aliphatic carbocycles. The largest absolute Gasteiger partial charge is 0.297 e. The molecule has 20 heavy (non-hydrogen) atoms. The minimum atomic E-state index is -3.71. The summed E-state index contributed by atoms with van der Waals surface area (Å²) in [6.45, 7) is 3.86. The molecule has 0 bridgehead atoms. The highest BCUT2D eigenvalue weighted by Crippen LogP contribution is 2.19. The van der Waals surface area contributed by atoms with Crippen LogP contribution in [0.2, 0.25) is 0 Å². The lowest BCUT2D eigenvalue weighted by Crippen LogP contribution is -2.07. The highest BCUT2D eigenvalue weighted by Gasteiger charge is 2.15. The third kappa shape index (κ3) is 3.69. The van der Waals surface area contributed by atoms with Crippen molar-refractivity contribution in [2.45, 2.75) is 25.3 Å². The molecule has 0 aromatic heterocycles. The van der Waals surface area contributed by atoms with E-state index >= 15 is 0 Å². The molecule has 0 heterocycles. The van der Waals surface area contributed by atoms with Gasteiger partial charge in [-0.05, 0) is 49.2 Å². The lowest BCUT2D eigenvalue weighted by atomic mass is 10.1. The van der Waals surface area contributed by atoms with E-state index in [0.29, 0.717) is 0 Å². The minimum absolute atomic E-state index is 0.0370. The third-order valence-electron chi connectivity index (χ3n) is 2.98. The summed E-state index contributed by atoms with van der Waals surface area (Å²) < 4.78 is 30.2. The zero-order valence-electron chi connectivity index (χ0n) is 11.3. The first-order chi connectivity index (χ1) is 9.38. The number of hydrogen-bond donors (Lipinski definition) is 0. The Morgan fingerprint density at radius 2 is 1.70 bits per heavy atom. The van der Waals surface area contributed by atoms with E-state index in [4.69, 9.17) is 4.18 Å². The van der Waals surface area contributed by atoms with Crippen LogP contribution in [-0.4, -0.2) is 8.42 Å². The summed E-state index contributed by atoms with van der Waals surface area (Å²) in [6.07, 6.45) is 0. The summed E-state index contributed by atoms with van der Waals surface area (Å²) in [5.41, 5.74) is 2.84. The van der Waals surface area contributed by atoms with Crippen LogP contribution in [0.4, 0.5) is 0 Å². The van der Waals surface area contributed by atoms with Crippen molar-refractivity contribution in [3.63, 3.8) is 0 Å². The van der Waals surface area contributed by atoms with Crippen molar-refractivity contribution in [1.82, 2.24) is 0 Å². The monoisotopic (exact) mass is 354 g/mol. The molecule has 106 valence electrons. The topological polar surface area (TPSA) is 43.4 Å². The van der Waals surface area contributed by atoms with Gasteiger partial charge in [0.1, 0.15) is 0 Å². The van der Waals surface area contributed by atoms with Gasteiger partial charge in [-0.3, -0.25) is 4.18 Å². The van der Waals surface area contributed by atoms with Gasteiger partial charge in [-0.25, -0.2) is 0 Å². The molecule has 0 saturated carbocycles. The van der Waals surface area contributed by atoms with Gasteiger partial charge in [-0.15, -0.1) is 0 Å². The Morgan fingerprint density at radius 3 is 2.30 bits per heavy atom. The summed E-state index contributed by atoms with van der Waals surface area (Å²) in [4.78, 5) is 0.179. The van der Waals surface area contributed by atoms with E-state index in [1.54, 1.807) is 24.3 Å². The van der Waals surface area contributed by atoms with Crippen molar-refractivity contribution in [3.05, 3.63) is 63.6 Å². The van der Waals surface area contributed by atoms with Crippen molar-refractivity contribution in [3.8, 4) is 0 Å². The SMILES string of the molecule is Cc1ccc(S(=O)(=O)OCc2ccc(Br)cc2C)cc1. The number of rotatable bonds is 4. The highest BCUT2D eigenvalue weighted by molar-refractivity contribution is 9.10. The average molecular weight is 355 g/mol. The van der Waals surface area contributed by atoms with Crippen molar-refractivity contribution < 1.29 is 12.6 Å². The molecule has 0 amide bonds. The number of aryl methyl sites for hydroxylation is 2. The van der Waals surface area contributed by atoms with Gasteiger partial charge in [0.2, 0.25) is 0 Å². The first kappa shape index (κ1) is 15.2. The average Bonchev–Trinajstić information content (AvgIpc) is 2.38. The molecule has 2 aromatic rings. The second-order valence-electron chi connectivity index (χ2n) is 4.60. The van der Waals surface area contributed by atoms with Gasteiger partial charge in [0.15, 0.2) is 0 Å². The Kier molecular flexibility index (Phi) is 4.62. The molecule has 0 atom stereocenters. The molecular weight excluding hydrogens is 340 g/mol. The fourth-order valence-electron chi connectivity index (χ4n) is 1.74. The number of hydrogen-bond acceptors (Lipinski definition) is 3. The van der Waals surface area contributed by atoms with E-state index < -0.39 is 10.1 Å². The van der Waals surface area contributed by atoms with Crippen LogP contribution in [0.25, 0.3) is 0 Å². The van der Waals surface area contributed by atoms with Crippen LogP contribution in [0, 0.1) is 13.8 Å². The van der Waals surface area contributed by atoms with Gasteiger partial charge in [0.25, 0.3) is 10.1 Å². The molecule has 2 aromatic carbocycles. The molecule has 3 nitrogen and oxygen atoms in total. The van der Waals surface area contributed by atoms with Crippen LogP contribution in [0.15, 0.2) is 51.8 Å². The quantitative estimate of drug-likeness (QED) is 0.780. The lowest BCUT2D eigenvalue weighted by Gasteiger charge is -2.08. The third-order valence-corrected chi connectivity index (χ3v) is 4.75. The molecule has 0 radical (unpaired) electrons. The fraction of sp³-hybridized carbons (Fsp3) is 0.200. The van der Waals surface area contributed by atoms with Crippen LogP contribution in [-0.2, 0) is 20.9 Å². The Labute approximate surface area is 127 Å². The summed E-state index contributed by atoms with van der Waals surface area (Å²) in [7, 11) is -3.71. The van der Waals surface area contributed by atoms with Crippen molar-refractivity contribution >= 4 is 26.0 Å². The van der Waals surface area contributed by atoms with Crippen LogP contribution in [0.3, 0.4) is 0 Å². The fourth-order valence-corrected chi connectivity index (χ4v) is 3.10. The van der Waals surface area contributed by atoms with E-state index in [1.165, 1.54) is 0 Å². The number of halogens is 1. The predicted octanol–water partition coefficient (Wildman–Crippen LogP) is 3.97. The smallest absolute Gasteiger partial charge is 0.262 e. The summed E-state index contributed by atoms with van der Waals surface area (Å²) in [6, 6.07) is 12.3. The van der Waals surface area contributed by atoms with Crippen LogP contribution in [0.5, 0.6) is 0 Å². The summed E-state index contributed by atoms with van der Waals surface area (Å²) >= 11 is 3.37. The molecule has 2 rings (SSSR count). The van der Waals surface area contributed by atoms with E-state index in [9.17, 15) is 8.42 Å². The summed E-state index contributed by atoms with van der Waals surface area (Å²) in [5.74, 6) is 0. The molecular formula is C15H15BrO3S. The lowest BCUT2D eigenvalue weighted by molar-refractivity contribution is 0.307. The molecule has 0 aliphatic heterocycles. The minimum Gasteiger partial charge on any atom is -0.262 e. The second-order valence-corrected chi connectivity index (χ2v) is 7.13. The van der Waals surface area contributed by atoms with E-state index in [0.717, 1.165) is 21.2 Å². The van der Waals surface area contributed by atoms with Gasteiger partial charge in [0, 0.05) is 4.47 Å². The van der Waals surface area contributed by atoms with Crippen LogP contribution in [0.1, 0.15) is 16.7 Å². The molecule has 0 fully saturated rings. The van der Waals surface area contributed by atoms with E-state index in [1.807, 2.05) is 32.0 Å². The van der Waals surface area contributed by atoms with Crippen molar-refractivity contribution in [2.24, 2.45) is 0 Å². The molecule has 0 unspecified atom stereocenters. The van der Waals surface area contributed by atoms with Crippen LogP contribution >= 0.6 is 15.9 Å². The Hall–Kier alpha value is -1.17. The molecule has 5 heteroatoms. The van der Waals surface area contributed by atoms with Gasteiger partial charge in [0.05, 0.1) is 11.5 Å². The van der Waals surface area contributed by atoms with E-state index in [-0.39, 0.29) is 11.5 Å². The first-order valence-corrected chi connectivity index (χ1v) is 8.30. The molecule has 0 spiro atoms. The Balaban J connectivity index is 2.15. The number of benzene rings is 2. The highest BCUT2D eigenvalue weighted by atomic mass is 79.9. The maximum absolute atomic E-state index is 12.1. The van der Waals surface area contributed by atoms with Crippen LogP contribution < -0.4 is 0 Å². The maximum Gasteiger partial charge on any atom is 0.297 e. The van der Waals surface area contributed by atoms with E-state index in [2.05, 4.69) is 15.9 Å². The van der Waals surface area contributed by atoms with Gasteiger partial charge >= 0.3 is 0 Å². The van der Waals surface area contributed by atoms with Gasteiger partial charge in [-0.1, -0.05) is 39.7 Å².